The standard InChI is InChI=1S/C14H7ClF3NO/c15-12-6-9(8-19)5-11(7-12)10-1-3-13(4-2-10)20-14(16,17)18/h1-7H. The molecule has 0 bridgehead atoms. The molecule has 0 amide bonds. The van der Waals surface area contributed by atoms with Gasteiger partial charge in [0.2, 0.25) is 0 Å². The Morgan fingerprint density at radius 1 is 1.00 bits per heavy atom. The van der Waals surface area contributed by atoms with Crippen LogP contribution in [0.2, 0.25) is 5.02 Å². The summed E-state index contributed by atoms with van der Waals surface area (Å²) in [6.45, 7) is 0. The fraction of sp³-hybridized carbons (Fsp3) is 0.0714. The van der Waals surface area contributed by atoms with Crippen LogP contribution in [0.1, 0.15) is 5.56 Å². The number of rotatable bonds is 2. The Labute approximate surface area is 118 Å². The van der Waals surface area contributed by atoms with Gasteiger partial charge in [-0.05, 0) is 41.5 Å². The van der Waals surface area contributed by atoms with E-state index < -0.39 is 6.36 Å². The maximum absolute atomic E-state index is 12.0. The van der Waals surface area contributed by atoms with Crippen LogP contribution in [-0.2, 0) is 0 Å². The number of hydrogen-bond acceptors (Lipinski definition) is 2. The number of alkyl halides is 3. The molecule has 2 nitrogen and oxygen atoms in total. The van der Waals surface area contributed by atoms with Crippen molar-refractivity contribution >= 4 is 11.6 Å². The summed E-state index contributed by atoms with van der Waals surface area (Å²) in [5, 5.41) is 9.24. The summed E-state index contributed by atoms with van der Waals surface area (Å²) in [4.78, 5) is 0. The molecule has 0 N–H and O–H groups in total. The Kier molecular flexibility index (Phi) is 3.86. The molecule has 0 unspecified atom stereocenters. The summed E-state index contributed by atoms with van der Waals surface area (Å²) < 4.78 is 39.9. The second-order valence-corrected chi connectivity index (χ2v) is 4.35. The lowest BCUT2D eigenvalue weighted by Gasteiger charge is -2.09. The summed E-state index contributed by atoms with van der Waals surface area (Å²) >= 11 is 5.87. The molecule has 20 heavy (non-hydrogen) atoms. The fourth-order valence-corrected chi connectivity index (χ4v) is 1.91. The quantitative estimate of drug-likeness (QED) is 0.799. The monoisotopic (exact) mass is 297 g/mol. The lowest BCUT2D eigenvalue weighted by Crippen LogP contribution is -2.16. The maximum atomic E-state index is 12.0. The number of halogens is 4. The van der Waals surface area contributed by atoms with E-state index in [-0.39, 0.29) is 5.75 Å². The van der Waals surface area contributed by atoms with Crippen molar-refractivity contribution < 1.29 is 17.9 Å². The van der Waals surface area contributed by atoms with Gasteiger partial charge in [-0.15, -0.1) is 13.2 Å². The van der Waals surface area contributed by atoms with E-state index in [4.69, 9.17) is 16.9 Å². The number of nitrogens with zero attached hydrogens (tertiary/aromatic N) is 1. The normalized spacial score (nSPS) is 10.9. The lowest BCUT2D eigenvalue weighted by molar-refractivity contribution is -0.274. The third kappa shape index (κ3) is 3.65. The molecule has 2 rings (SSSR count). The van der Waals surface area contributed by atoms with Crippen LogP contribution in [0.15, 0.2) is 42.5 Å². The van der Waals surface area contributed by atoms with Gasteiger partial charge in [-0.1, -0.05) is 23.7 Å². The highest BCUT2D eigenvalue weighted by Gasteiger charge is 2.30. The van der Waals surface area contributed by atoms with Gasteiger partial charge in [0, 0.05) is 5.02 Å². The van der Waals surface area contributed by atoms with Crippen LogP contribution in [0.3, 0.4) is 0 Å². The zero-order valence-electron chi connectivity index (χ0n) is 9.91. The molecule has 0 aliphatic heterocycles. The largest absolute Gasteiger partial charge is 0.573 e. The second kappa shape index (κ2) is 5.43. The second-order valence-electron chi connectivity index (χ2n) is 3.91. The van der Waals surface area contributed by atoms with Crippen molar-refractivity contribution in [2.45, 2.75) is 6.36 Å². The summed E-state index contributed by atoms with van der Waals surface area (Å²) in [5.41, 5.74) is 1.66. The van der Waals surface area contributed by atoms with Crippen LogP contribution in [0.5, 0.6) is 5.75 Å². The van der Waals surface area contributed by atoms with E-state index in [1.807, 2.05) is 6.07 Å². The minimum Gasteiger partial charge on any atom is -0.406 e. The van der Waals surface area contributed by atoms with E-state index in [1.165, 1.54) is 30.3 Å². The van der Waals surface area contributed by atoms with Crippen molar-refractivity contribution in [3.8, 4) is 22.9 Å². The highest BCUT2D eigenvalue weighted by Crippen LogP contribution is 2.28. The molecule has 2 aromatic carbocycles. The van der Waals surface area contributed by atoms with Crippen LogP contribution >= 0.6 is 11.6 Å². The molecule has 2 aromatic rings. The van der Waals surface area contributed by atoms with E-state index >= 15 is 0 Å². The van der Waals surface area contributed by atoms with Crippen molar-refractivity contribution in [1.82, 2.24) is 0 Å². The minimum atomic E-state index is -4.72. The number of ether oxygens (including phenoxy) is 1. The third-order valence-electron chi connectivity index (χ3n) is 2.45. The number of benzene rings is 2. The highest BCUT2D eigenvalue weighted by atomic mass is 35.5. The van der Waals surface area contributed by atoms with E-state index in [1.54, 1.807) is 12.1 Å². The zero-order valence-corrected chi connectivity index (χ0v) is 10.7. The first-order valence-electron chi connectivity index (χ1n) is 5.44. The third-order valence-corrected chi connectivity index (χ3v) is 2.67. The molecular formula is C14H7ClF3NO. The van der Waals surface area contributed by atoms with Crippen LogP contribution in [0, 0.1) is 11.3 Å². The first kappa shape index (κ1) is 14.2. The first-order chi connectivity index (χ1) is 9.37. The van der Waals surface area contributed by atoms with Gasteiger partial charge in [0.15, 0.2) is 0 Å². The van der Waals surface area contributed by atoms with Gasteiger partial charge in [0.05, 0.1) is 11.6 Å². The van der Waals surface area contributed by atoms with Crippen LogP contribution in [0.4, 0.5) is 13.2 Å². The Balaban J connectivity index is 2.31. The minimum absolute atomic E-state index is 0.302. The highest BCUT2D eigenvalue weighted by molar-refractivity contribution is 6.31. The summed E-state index contributed by atoms with van der Waals surface area (Å²) in [6.07, 6.45) is -4.72. The van der Waals surface area contributed by atoms with Crippen LogP contribution < -0.4 is 4.74 Å². The molecule has 6 heteroatoms. The Hall–Kier alpha value is -2.19. The van der Waals surface area contributed by atoms with Gasteiger partial charge in [0.25, 0.3) is 0 Å². The molecule has 0 radical (unpaired) electrons. The van der Waals surface area contributed by atoms with E-state index in [9.17, 15) is 13.2 Å². The smallest absolute Gasteiger partial charge is 0.406 e. The van der Waals surface area contributed by atoms with Gasteiger partial charge < -0.3 is 4.74 Å². The zero-order chi connectivity index (χ0) is 14.8. The SMILES string of the molecule is N#Cc1cc(Cl)cc(-c2ccc(OC(F)(F)F)cc2)c1. The molecule has 0 spiro atoms. The summed E-state index contributed by atoms with van der Waals surface area (Å²) in [7, 11) is 0. The summed E-state index contributed by atoms with van der Waals surface area (Å²) in [5.74, 6) is -0.302. The predicted octanol–water partition coefficient (Wildman–Crippen LogP) is 4.78. The Bertz CT molecular complexity index is 660. The molecule has 0 heterocycles. The average Bonchev–Trinajstić information content (AvgIpc) is 2.37. The lowest BCUT2D eigenvalue weighted by atomic mass is 10.0. The summed E-state index contributed by atoms with van der Waals surface area (Å²) in [6, 6.07) is 12.0. The topological polar surface area (TPSA) is 33.0 Å². The van der Waals surface area contributed by atoms with Crippen molar-refractivity contribution in [2.24, 2.45) is 0 Å². The van der Waals surface area contributed by atoms with E-state index in [0.29, 0.717) is 21.7 Å². The Morgan fingerprint density at radius 2 is 1.65 bits per heavy atom. The predicted molar refractivity (Wildman–Crippen MR) is 68.3 cm³/mol. The van der Waals surface area contributed by atoms with Crippen molar-refractivity contribution in [3.63, 3.8) is 0 Å². The molecule has 0 aliphatic carbocycles. The first-order valence-corrected chi connectivity index (χ1v) is 5.82. The molecule has 0 saturated heterocycles. The molecule has 0 aromatic heterocycles. The van der Waals surface area contributed by atoms with Gasteiger partial charge in [-0.3, -0.25) is 0 Å². The molecule has 0 saturated carbocycles. The molecule has 0 atom stereocenters. The molecule has 102 valence electrons. The van der Waals surface area contributed by atoms with Gasteiger partial charge in [-0.2, -0.15) is 5.26 Å². The van der Waals surface area contributed by atoms with Gasteiger partial charge in [0.1, 0.15) is 5.75 Å². The fourth-order valence-electron chi connectivity index (χ4n) is 1.67. The van der Waals surface area contributed by atoms with Crippen LogP contribution in [-0.4, -0.2) is 6.36 Å². The van der Waals surface area contributed by atoms with Crippen LogP contribution in [0.25, 0.3) is 11.1 Å². The van der Waals surface area contributed by atoms with E-state index in [0.717, 1.165) is 0 Å². The van der Waals surface area contributed by atoms with Crippen molar-refractivity contribution in [3.05, 3.63) is 53.1 Å². The molecule has 0 fully saturated rings. The number of nitriles is 1. The van der Waals surface area contributed by atoms with Gasteiger partial charge in [-0.25, -0.2) is 0 Å². The maximum Gasteiger partial charge on any atom is 0.573 e. The van der Waals surface area contributed by atoms with E-state index in [2.05, 4.69) is 4.74 Å². The average molecular weight is 298 g/mol. The molecular weight excluding hydrogens is 291 g/mol. The van der Waals surface area contributed by atoms with Gasteiger partial charge >= 0.3 is 6.36 Å². The Morgan fingerprint density at radius 3 is 2.20 bits per heavy atom. The number of hydrogen-bond donors (Lipinski definition) is 0. The molecule has 0 aliphatic rings. The van der Waals surface area contributed by atoms with Crippen molar-refractivity contribution in [2.75, 3.05) is 0 Å². The van der Waals surface area contributed by atoms with Crippen molar-refractivity contribution in [1.29, 1.82) is 5.26 Å².